The maximum atomic E-state index is 12.1. The van der Waals surface area contributed by atoms with Gasteiger partial charge in [0.15, 0.2) is 5.11 Å². The Bertz CT molecular complexity index is 1000. The van der Waals surface area contributed by atoms with E-state index in [9.17, 15) is 14.4 Å². The number of carbonyl (C=O) groups excluding carboxylic acids is 3. The van der Waals surface area contributed by atoms with Crippen LogP contribution in [-0.4, -0.2) is 22.8 Å². The number of benzene rings is 2. The molecule has 0 spiro atoms. The Balaban J connectivity index is 1.68. The molecule has 3 amide bonds. The summed E-state index contributed by atoms with van der Waals surface area (Å²) in [6.45, 7) is 5.82. The van der Waals surface area contributed by atoms with Gasteiger partial charge >= 0.3 is 0 Å². The van der Waals surface area contributed by atoms with Crippen LogP contribution < -0.4 is 21.5 Å². The topological polar surface area (TPSA) is 99.3 Å². The summed E-state index contributed by atoms with van der Waals surface area (Å²) in [6, 6.07) is 13.4. The van der Waals surface area contributed by atoms with Crippen LogP contribution in [0.2, 0.25) is 0 Å². The number of hydrogen-bond acceptors (Lipinski definition) is 4. The molecule has 0 atom stereocenters. The summed E-state index contributed by atoms with van der Waals surface area (Å²) in [4.78, 5) is 35.9. The molecule has 2 aromatic rings. The van der Waals surface area contributed by atoms with Crippen molar-refractivity contribution in [1.29, 1.82) is 0 Å². The van der Waals surface area contributed by atoms with Gasteiger partial charge in [-0.1, -0.05) is 42.0 Å². The molecule has 0 saturated heterocycles. The van der Waals surface area contributed by atoms with Crippen molar-refractivity contribution in [3.63, 3.8) is 0 Å². The number of aryl methyl sites for hydroxylation is 3. The zero-order chi connectivity index (χ0) is 22.8. The second kappa shape index (κ2) is 11.6. The molecule has 0 aliphatic rings. The fraction of sp³-hybridized carbons (Fsp3) is 0.217. The molecule has 0 aliphatic carbocycles. The van der Waals surface area contributed by atoms with Crippen molar-refractivity contribution in [3.05, 3.63) is 70.8 Å². The number of thiocarbonyl (C=S) groups is 1. The third-order valence-corrected chi connectivity index (χ3v) is 4.51. The Hall–Kier alpha value is -3.52. The molecule has 162 valence electrons. The van der Waals surface area contributed by atoms with Gasteiger partial charge in [0.2, 0.25) is 17.7 Å². The summed E-state index contributed by atoms with van der Waals surface area (Å²) >= 11 is 4.97. The van der Waals surface area contributed by atoms with E-state index in [1.807, 2.05) is 63.2 Å². The molecular weight excluding hydrogens is 412 g/mol. The largest absolute Gasteiger partial charge is 0.326 e. The third kappa shape index (κ3) is 8.79. The Morgan fingerprint density at radius 1 is 0.871 bits per heavy atom. The SMILES string of the molecule is Cc1ccc(C=CC(=O)NC(=S)NNC(=O)CCC(=O)Nc2cc(C)ccc2C)cc1. The number of hydrazine groups is 1. The molecule has 0 unspecified atom stereocenters. The van der Waals surface area contributed by atoms with Gasteiger partial charge in [-0.25, -0.2) is 0 Å². The van der Waals surface area contributed by atoms with Gasteiger partial charge in [0, 0.05) is 24.6 Å². The first kappa shape index (κ1) is 23.8. The third-order valence-electron chi connectivity index (χ3n) is 4.30. The van der Waals surface area contributed by atoms with Crippen LogP contribution in [0.1, 0.15) is 35.1 Å². The molecular formula is C23H26N4O3S. The molecule has 2 aromatic carbocycles. The lowest BCUT2D eigenvalue weighted by atomic mass is 10.1. The van der Waals surface area contributed by atoms with E-state index in [0.717, 1.165) is 27.9 Å². The van der Waals surface area contributed by atoms with Gasteiger partial charge in [0.1, 0.15) is 0 Å². The standard InChI is InChI=1S/C23H26N4O3S/c1-15-5-8-18(9-6-15)10-11-21(29)25-23(31)27-26-22(30)13-12-20(28)24-19-14-16(2)4-7-17(19)3/h4-11,14H,12-13H2,1-3H3,(H,24,28)(H,26,30)(H2,25,27,29,31). The van der Waals surface area contributed by atoms with E-state index in [-0.39, 0.29) is 23.9 Å². The lowest BCUT2D eigenvalue weighted by molar-refractivity contribution is -0.124. The Kier molecular flexibility index (Phi) is 8.90. The second-order valence-corrected chi connectivity index (χ2v) is 7.51. The maximum absolute atomic E-state index is 12.1. The van der Waals surface area contributed by atoms with E-state index in [1.165, 1.54) is 6.08 Å². The number of amides is 3. The highest BCUT2D eigenvalue weighted by Gasteiger charge is 2.09. The number of rotatable bonds is 6. The maximum Gasteiger partial charge on any atom is 0.250 e. The van der Waals surface area contributed by atoms with Gasteiger partial charge in [-0.2, -0.15) is 0 Å². The zero-order valence-electron chi connectivity index (χ0n) is 17.7. The van der Waals surface area contributed by atoms with Crippen molar-refractivity contribution < 1.29 is 14.4 Å². The summed E-state index contributed by atoms with van der Waals surface area (Å²) in [5.41, 5.74) is 9.52. The van der Waals surface area contributed by atoms with E-state index in [0.29, 0.717) is 0 Å². The lowest BCUT2D eigenvalue weighted by Gasteiger charge is -2.11. The van der Waals surface area contributed by atoms with Crippen LogP contribution in [-0.2, 0) is 14.4 Å². The molecule has 8 heteroatoms. The number of anilines is 1. The minimum absolute atomic E-state index is 0.0132. The van der Waals surface area contributed by atoms with E-state index in [1.54, 1.807) is 6.08 Å². The van der Waals surface area contributed by atoms with E-state index >= 15 is 0 Å². The van der Waals surface area contributed by atoms with Crippen molar-refractivity contribution >= 4 is 46.8 Å². The number of nitrogens with one attached hydrogen (secondary N) is 4. The Morgan fingerprint density at radius 2 is 1.52 bits per heavy atom. The highest BCUT2D eigenvalue weighted by Crippen LogP contribution is 2.16. The Morgan fingerprint density at radius 3 is 2.23 bits per heavy atom. The molecule has 2 rings (SSSR count). The second-order valence-electron chi connectivity index (χ2n) is 7.10. The predicted octanol–water partition coefficient (Wildman–Crippen LogP) is 3.07. The molecule has 4 N–H and O–H groups in total. The number of hydrogen-bond donors (Lipinski definition) is 4. The highest BCUT2D eigenvalue weighted by molar-refractivity contribution is 7.80. The first-order valence-electron chi connectivity index (χ1n) is 9.74. The minimum atomic E-state index is -0.430. The average molecular weight is 439 g/mol. The van der Waals surface area contributed by atoms with Gasteiger partial charge < -0.3 is 5.32 Å². The van der Waals surface area contributed by atoms with Crippen molar-refractivity contribution in [2.24, 2.45) is 0 Å². The summed E-state index contributed by atoms with van der Waals surface area (Å²) in [6.07, 6.45) is 2.98. The van der Waals surface area contributed by atoms with Crippen LogP contribution in [0.4, 0.5) is 5.69 Å². The van der Waals surface area contributed by atoms with Crippen molar-refractivity contribution in [1.82, 2.24) is 16.2 Å². The fourth-order valence-electron chi connectivity index (χ4n) is 2.53. The monoisotopic (exact) mass is 438 g/mol. The van der Waals surface area contributed by atoms with Gasteiger partial charge in [0.05, 0.1) is 0 Å². The fourth-order valence-corrected chi connectivity index (χ4v) is 2.69. The van der Waals surface area contributed by atoms with E-state index in [4.69, 9.17) is 12.2 Å². The highest BCUT2D eigenvalue weighted by atomic mass is 32.1. The lowest BCUT2D eigenvalue weighted by Crippen LogP contribution is -2.48. The van der Waals surface area contributed by atoms with E-state index in [2.05, 4.69) is 21.5 Å². The van der Waals surface area contributed by atoms with Gasteiger partial charge in [0.25, 0.3) is 0 Å². The first-order chi connectivity index (χ1) is 14.7. The predicted molar refractivity (Wildman–Crippen MR) is 126 cm³/mol. The van der Waals surface area contributed by atoms with Crippen molar-refractivity contribution in [3.8, 4) is 0 Å². The van der Waals surface area contributed by atoms with Crippen molar-refractivity contribution in [2.75, 3.05) is 5.32 Å². The Labute approximate surface area is 187 Å². The van der Waals surface area contributed by atoms with E-state index < -0.39 is 11.8 Å². The smallest absolute Gasteiger partial charge is 0.250 e. The quantitative estimate of drug-likeness (QED) is 0.316. The molecule has 0 radical (unpaired) electrons. The average Bonchev–Trinajstić information content (AvgIpc) is 2.73. The first-order valence-corrected chi connectivity index (χ1v) is 10.2. The van der Waals surface area contributed by atoms with Gasteiger partial charge in [-0.05, 0) is 61.8 Å². The minimum Gasteiger partial charge on any atom is -0.326 e. The summed E-state index contributed by atoms with van der Waals surface area (Å²) in [7, 11) is 0. The molecule has 0 heterocycles. The van der Waals surface area contributed by atoms with Gasteiger partial charge in [-0.3, -0.25) is 30.6 Å². The van der Waals surface area contributed by atoms with Crippen LogP contribution in [0.3, 0.4) is 0 Å². The molecule has 0 fully saturated rings. The van der Waals surface area contributed by atoms with Crippen LogP contribution in [0, 0.1) is 20.8 Å². The molecule has 0 aromatic heterocycles. The molecule has 0 bridgehead atoms. The normalized spacial score (nSPS) is 10.4. The molecule has 0 saturated carbocycles. The van der Waals surface area contributed by atoms with Gasteiger partial charge in [-0.15, -0.1) is 0 Å². The van der Waals surface area contributed by atoms with Crippen LogP contribution in [0.5, 0.6) is 0 Å². The van der Waals surface area contributed by atoms with Crippen LogP contribution >= 0.6 is 12.2 Å². The summed E-state index contributed by atoms with van der Waals surface area (Å²) in [5.74, 6) is -1.12. The van der Waals surface area contributed by atoms with Crippen LogP contribution in [0.25, 0.3) is 6.08 Å². The van der Waals surface area contributed by atoms with Crippen LogP contribution in [0.15, 0.2) is 48.5 Å². The molecule has 31 heavy (non-hydrogen) atoms. The number of carbonyl (C=O) groups is 3. The molecule has 7 nitrogen and oxygen atoms in total. The summed E-state index contributed by atoms with van der Waals surface area (Å²) < 4.78 is 0. The zero-order valence-corrected chi connectivity index (χ0v) is 18.6. The molecule has 0 aliphatic heterocycles. The van der Waals surface area contributed by atoms with Crippen molar-refractivity contribution in [2.45, 2.75) is 33.6 Å². The summed E-state index contributed by atoms with van der Waals surface area (Å²) in [5, 5.41) is 5.18.